The highest BCUT2D eigenvalue weighted by Crippen LogP contribution is 2.22. The molecule has 0 saturated carbocycles. The molecule has 28 heavy (non-hydrogen) atoms. The number of carbonyl (C=O) groups is 1. The molecular formula is C21H26N2O5. The third kappa shape index (κ3) is 5.99. The molecule has 0 aromatic heterocycles. The molecule has 2 rings (SSSR count). The van der Waals surface area contributed by atoms with Crippen molar-refractivity contribution in [2.45, 2.75) is 26.6 Å². The highest BCUT2D eigenvalue weighted by molar-refractivity contribution is 5.88. The number of benzene rings is 2. The van der Waals surface area contributed by atoms with Gasteiger partial charge in [0.15, 0.2) is 0 Å². The van der Waals surface area contributed by atoms with E-state index in [4.69, 9.17) is 19.0 Å². The molecule has 0 fully saturated rings. The normalized spacial score (nSPS) is 12.2. The second-order valence-electron chi connectivity index (χ2n) is 6.00. The smallest absolute Gasteiger partial charge is 0.415 e. The SMILES string of the molecule is COCN(C(=O)OC)c1ccccc1CO/C(C)=N/OC(C)c1ccccc1. The van der Waals surface area contributed by atoms with Crippen molar-refractivity contribution in [2.24, 2.45) is 5.16 Å². The first-order chi connectivity index (χ1) is 13.6. The summed E-state index contributed by atoms with van der Waals surface area (Å²) in [5, 5.41) is 4.04. The molecule has 0 heterocycles. The molecule has 0 aliphatic heterocycles. The number of hydrogen-bond acceptors (Lipinski definition) is 6. The number of oxime groups is 1. The van der Waals surface area contributed by atoms with Crippen molar-refractivity contribution < 1.29 is 23.8 Å². The molecule has 2 aromatic carbocycles. The summed E-state index contributed by atoms with van der Waals surface area (Å²) < 4.78 is 15.6. The van der Waals surface area contributed by atoms with Gasteiger partial charge in [-0.05, 0) is 18.6 Å². The fourth-order valence-electron chi connectivity index (χ4n) is 2.50. The summed E-state index contributed by atoms with van der Waals surface area (Å²) in [6, 6.07) is 17.2. The Morgan fingerprint density at radius 3 is 2.43 bits per heavy atom. The molecule has 0 saturated heterocycles. The lowest BCUT2D eigenvalue weighted by Crippen LogP contribution is -2.33. The first-order valence-electron chi connectivity index (χ1n) is 8.87. The minimum Gasteiger partial charge on any atom is -0.474 e. The Hall–Kier alpha value is -3.06. The Labute approximate surface area is 165 Å². The molecule has 1 amide bonds. The number of carbonyl (C=O) groups excluding carboxylic acids is 1. The molecule has 0 radical (unpaired) electrons. The first kappa shape index (κ1) is 21.2. The van der Waals surface area contributed by atoms with Gasteiger partial charge < -0.3 is 19.0 Å². The molecule has 0 aliphatic carbocycles. The zero-order chi connectivity index (χ0) is 20.4. The van der Waals surface area contributed by atoms with Crippen LogP contribution in [-0.4, -0.2) is 32.9 Å². The van der Waals surface area contributed by atoms with Crippen LogP contribution in [0.2, 0.25) is 0 Å². The van der Waals surface area contributed by atoms with E-state index in [2.05, 4.69) is 5.16 Å². The van der Waals surface area contributed by atoms with Crippen LogP contribution >= 0.6 is 0 Å². The van der Waals surface area contributed by atoms with Crippen LogP contribution in [0.5, 0.6) is 0 Å². The maximum Gasteiger partial charge on any atom is 0.415 e. The third-order valence-electron chi connectivity index (χ3n) is 3.98. The van der Waals surface area contributed by atoms with Gasteiger partial charge in [0.25, 0.3) is 0 Å². The average molecular weight is 386 g/mol. The van der Waals surface area contributed by atoms with Crippen LogP contribution in [0.15, 0.2) is 59.8 Å². The molecular weight excluding hydrogens is 360 g/mol. The van der Waals surface area contributed by atoms with Gasteiger partial charge in [0.2, 0.25) is 5.90 Å². The van der Waals surface area contributed by atoms with Crippen LogP contribution in [0.25, 0.3) is 0 Å². The summed E-state index contributed by atoms with van der Waals surface area (Å²) in [5.41, 5.74) is 2.45. The summed E-state index contributed by atoms with van der Waals surface area (Å²) >= 11 is 0. The average Bonchev–Trinajstić information content (AvgIpc) is 2.74. The molecule has 0 N–H and O–H groups in total. The summed E-state index contributed by atoms with van der Waals surface area (Å²) in [4.78, 5) is 18.9. The number of anilines is 1. The van der Waals surface area contributed by atoms with E-state index in [1.807, 2.05) is 55.5 Å². The fourth-order valence-corrected chi connectivity index (χ4v) is 2.50. The Morgan fingerprint density at radius 1 is 1.07 bits per heavy atom. The van der Waals surface area contributed by atoms with Crippen molar-refractivity contribution in [3.63, 3.8) is 0 Å². The van der Waals surface area contributed by atoms with Crippen molar-refractivity contribution in [1.82, 2.24) is 0 Å². The summed E-state index contributed by atoms with van der Waals surface area (Å²) in [6.45, 7) is 3.91. The summed E-state index contributed by atoms with van der Waals surface area (Å²) in [6.07, 6.45) is -0.705. The van der Waals surface area contributed by atoms with E-state index in [9.17, 15) is 4.79 Å². The van der Waals surface area contributed by atoms with Gasteiger partial charge in [-0.25, -0.2) is 4.79 Å². The molecule has 7 nitrogen and oxygen atoms in total. The van der Waals surface area contributed by atoms with E-state index >= 15 is 0 Å². The fraction of sp³-hybridized carbons (Fsp3) is 0.333. The third-order valence-corrected chi connectivity index (χ3v) is 3.98. The number of hydrogen-bond donors (Lipinski definition) is 0. The van der Waals surface area contributed by atoms with Gasteiger partial charge in [-0.2, -0.15) is 0 Å². The number of amides is 1. The topological polar surface area (TPSA) is 69.6 Å². The largest absolute Gasteiger partial charge is 0.474 e. The van der Waals surface area contributed by atoms with E-state index < -0.39 is 6.09 Å². The lowest BCUT2D eigenvalue weighted by Gasteiger charge is -2.23. The summed E-state index contributed by atoms with van der Waals surface area (Å²) in [5.74, 6) is 0.383. The standard InChI is InChI=1S/C21H26N2O5/c1-16(18-10-6-5-7-11-18)28-22-17(2)27-14-19-12-8-9-13-20(19)23(15-25-3)21(24)26-4/h5-13,16H,14-15H2,1-4H3/b22-17+. The molecule has 7 heteroatoms. The molecule has 0 aliphatic rings. The Kier molecular flexibility index (Phi) is 8.30. The Balaban J connectivity index is 2.02. The molecule has 150 valence electrons. The van der Waals surface area contributed by atoms with Gasteiger partial charge in [0, 0.05) is 19.6 Å². The van der Waals surface area contributed by atoms with Crippen LogP contribution in [-0.2, 0) is 25.7 Å². The van der Waals surface area contributed by atoms with Gasteiger partial charge in [-0.15, -0.1) is 0 Å². The second-order valence-corrected chi connectivity index (χ2v) is 6.00. The van der Waals surface area contributed by atoms with Crippen molar-refractivity contribution in [3.05, 3.63) is 65.7 Å². The number of nitrogens with zero attached hydrogens (tertiary/aromatic N) is 2. The van der Waals surface area contributed by atoms with Gasteiger partial charge in [-0.3, -0.25) is 4.90 Å². The molecule has 1 unspecified atom stereocenters. The van der Waals surface area contributed by atoms with Crippen molar-refractivity contribution in [1.29, 1.82) is 0 Å². The molecule has 0 bridgehead atoms. The van der Waals surface area contributed by atoms with E-state index in [1.165, 1.54) is 19.1 Å². The first-order valence-corrected chi connectivity index (χ1v) is 8.87. The van der Waals surface area contributed by atoms with Gasteiger partial charge in [0.1, 0.15) is 19.4 Å². The second kappa shape index (κ2) is 10.9. The minimum atomic E-state index is -0.514. The predicted molar refractivity (Wildman–Crippen MR) is 107 cm³/mol. The number of methoxy groups -OCH3 is 2. The predicted octanol–water partition coefficient (Wildman–Crippen LogP) is 4.49. The van der Waals surface area contributed by atoms with Crippen LogP contribution < -0.4 is 4.90 Å². The quantitative estimate of drug-likeness (QED) is 0.289. The van der Waals surface area contributed by atoms with E-state index in [0.29, 0.717) is 11.6 Å². The van der Waals surface area contributed by atoms with Crippen LogP contribution in [0, 0.1) is 0 Å². The van der Waals surface area contributed by atoms with E-state index in [-0.39, 0.29) is 19.4 Å². The number of para-hydroxylation sites is 1. The maximum atomic E-state index is 12.0. The minimum absolute atomic E-state index is 0.0639. The summed E-state index contributed by atoms with van der Waals surface area (Å²) in [7, 11) is 2.84. The van der Waals surface area contributed by atoms with Crippen LogP contribution in [0.1, 0.15) is 31.1 Å². The molecule has 1 atom stereocenters. The van der Waals surface area contributed by atoms with Gasteiger partial charge in [0.05, 0.1) is 12.8 Å². The molecule has 0 spiro atoms. The van der Waals surface area contributed by atoms with E-state index in [1.54, 1.807) is 13.0 Å². The zero-order valence-corrected chi connectivity index (χ0v) is 16.6. The van der Waals surface area contributed by atoms with Gasteiger partial charge in [-0.1, -0.05) is 53.7 Å². The highest BCUT2D eigenvalue weighted by Gasteiger charge is 2.19. The van der Waals surface area contributed by atoms with Crippen molar-refractivity contribution in [3.8, 4) is 0 Å². The van der Waals surface area contributed by atoms with Gasteiger partial charge >= 0.3 is 6.09 Å². The van der Waals surface area contributed by atoms with Crippen LogP contribution in [0.3, 0.4) is 0 Å². The maximum absolute atomic E-state index is 12.0. The molecule has 2 aromatic rings. The lowest BCUT2D eigenvalue weighted by atomic mass is 10.1. The highest BCUT2D eigenvalue weighted by atomic mass is 16.7. The van der Waals surface area contributed by atoms with Crippen molar-refractivity contribution in [2.75, 3.05) is 25.9 Å². The Morgan fingerprint density at radius 2 is 1.75 bits per heavy atom. The van der Waals surface area contributed by atoms with E-state index in [0.717, 1.165) is 11.1 Å². The van der Waals surface area contributed by atoms with Crippen LogP contribution in [0.4, 0.5) is 10.5 Å². The lowest BCUT2D eigenvalue weighted by molar-refractivity contribution is 0.0639. The number of rotatable bonds is 8. The number of ether oxygens (including phenoxy) is 3. The Bertz CT molecular complexity index is 779. The zero-order valence-electron chi connectivity index (χ0n) is 16.6. The van der Waals surface area contributed by atoms with Crippen molar-refractivity contribution >= 4 is 17.7 Å². The monoisotopic (exact) mass is 386 g/mol.